The number of nitrogens with zero attached hydrogens (tertiary/aromatic N) is 5. The third kappa shape index (κ3) is 4.05. The predicted octanol–water partition coefficient (Wildman–Crippen LogP) is 0.835. The monoisotopic (exact) mass is 349 g/mol. The molecule has 1 aromatic heterocycles. The topological polar surface area (TPSA) is 66.7 Å². The Kier molecular flexibility index (Phi) is 5.65. The van der Waals surface area contributed by atoms with Crippen LogP contribution in [0.1, 0.15) is 49.8 Å². The van der Waals surface area contributed by atoms with Crippen molar-refractivity contribution in [1.29, 1.82) is 0 Å². The van der Waals surface area contributed by atoms with Gasteiger partial charge in [-0.1, -0.05) is 6.42 Å². The second-order valence-corrected chi connectivity index (χ2v) is 7.66. The van der Waals surface area contributed by atoms with E-state index in [1.54, 1.807) is 0 Å². The summed E-state index contributed by atoms with van der Waals surface area (Å²) in [5, 5.41) is 19.6. The zero-order valence-corrected chi connectivity index (χ0v) is 15.1. The Morgan fingerprint density at radius 3 is 2.76 bits per heavy atom. The van der Waals surface area contributed by atoms with E-state index in [2.05, 4.69) is 24.6 Å². The molecule has 2 atom stereocenters. The van der Waals surface area contributed by atoms with Gasteiger partial charge in [0, 0.05) is 39.1 Å². The Hall–Kier alpha value is -1.02. The van der Waals surface area contributed by atoms with E-state index in [1.165, 1.54) is 25.7 Å². The van der Waals surface area contributed by atoms with Crippen LogP contribution in [0.2, 0.25) is 0 Å². The molecule has 2 saturated heterocycles. The highest BCUT2D eigenvalue weighted by atomic mass is 16.5. The van der Waals surface area contributed by atoms with E-state index in [9.17, 15) is 5.11 Å². The van der Waals surface area contributed by atoms with Gasteiger partial charge in [0.2, 0.25) is 0 Å². The number of aromatic nitrogens is 3. The molecule has 0 bridgehead atoms. The molecule has 25 heavy (non-hydrogen) atoms. The molecule has 0 aliphatic carbocycles. The molecule has 0 spiro atoms. The van der Waals surface area contributed by atoms with Gasteiger partial charge in [-0.25, -0.2) is 0 Å². The molecule has 140 valence electrons. The van der Waals surface area contributed by atoms with E-state index in [4.69, 9.17) is 4.74 Å². The fraction of sp³-hybridized carbons (Fsp3) is 0.889. The Morgan fingerprint density at radius 1 is 1.00 bits per heavy atom. The van der Waals surface area contributed by atoms with Gasteiger partial charge in [-0.05, 0) is 32.2 Å². The highest BCUT2D eigenvalue weighted by Crippen LogP contribution is 2.32. The number of fused-ring (bicyclic) bond motifs is 1. The van der Waals surface area contributed by atoms with E-state index in [0.717, 1.165) is 77.0 Å². The van der Waals surface area contributed by atoms with Gasteiger partial charge in [0.15, 0.2) is 0 Å². The van der Waals surface area contributed by atoms with Crippen molar-refractivity contribution in [3.63, 3.8) is 0 Å². The van der Waals surface area contributed by atoms with E-state index in [0.29, 0.717) is 6.04 Å². The van der Waals surface area contributed by atoms with Gasteiger partial charge in [-0.15, -0.1) is 10.2 Å². The number of ether oxygens (including phenoxy) is 1. The standard InChI is InChI=1S/C18H31N5O2/c24-15(13-21-9-11-25-12-10-21)14-22-7-4-5-16(22)18-20-19-17-6-2-1-3-8-23(17)18/h15-16,24H,1-14H2. The van der Waals surface area contributed by atoms with Gasteiger partial charge in [0.25, 0.3) is 0 Å². The van der Waals surface area contributed by atoms with Gasteiger partial charge in [-0.3, -0.25) is 9.80 Å². The maximum absolute atomic E-state index is 10.6. The third-order valence-electron chi connectivity index (χ3n) is 5.82. The van der Waals surface area contributed by atoms with Crippen molar-refractivity contribution in [2.24, 2.45) is 0 Å². The van der Waals surface area contributed by atoms with Crippen molar-refractivity contribution >= 4 is 0 Å². The van der Waals surface area contributed by atoms with Gasteiger partial charge in [0.1, 0.15) is 11.6 Å². The summed E-state index contributed by atoms with van der Waals surface area (Å²) in [6.07, 6.45) is 6.79. The van der Waals surface area contributed by atoms with E-state index < -0.39 is 0 Å². The van der Waals surface area contributed by atoms with E-state index in [1.807, 2.05) is 0 Å². The summed E-state index contributed by atoms with van der Waals surface area (Å²) in [4.78, 5) is 4.73. The van der Waals surface area contributed by atoms with Crippen LogP contribution in [-0.2, 0) is 17.7 Å². The lowest BCUT2D eigenvalue weighted by Crippen LogP contribution is -2.44. The minimum absolute atomic E-state index is 0.315. The van der Waals surface area contributed by atoms with E-state index in [-0.39, 0.29) is 6.10 Å². The lowest BCUT2D eigenvalue weighted by molar-refractivity contribution is 0.00548. The summed E-state index contributed by atoms with van der Waals surface area (Å²) in [6.45, 7) is 6.99. The fourth-order valence-electron chi connectivity index (χ4n) is 4.50. The number of hydrogen-bond acceptors (Lipinski definition) is 6. The summed E-state index contributed by atoms with van der Waals surface area (Å²) in [7, 11) is 0. The minimum atomic E-state index is -0.315. The molecule has 0 saturated carbocycles. The number of likely N-dealkylation sites (tertiary alicyclic amines) is 1. The average Bonchev–Trinajstić information content (AvgIpc) is 3.15. The first-order valence-corrected chi connectivity index (χ1v) is 9.95. The highest BCUT2D eigenvalue weighted by Gasteiger charge is 2.32. The molecule has 0 amide bonds. The quantitative estimate of drug-likeness (QED) is 0.850. The average molecular weight is 349 g/mol. The zero-order valence-electron chi connectivity index (χ0n) is 15.1. The first kappa shape index (κ1) is 17.4. The maximum atomic E-state index is 10.6. The Labute approximate surface area is 150 Å². The molecule has 4 rings (SSSR count). The number of morpholine rings is 1. The first-order chi connectivity index (χ1) is 12.3. The minimum Gasteiger partial charge on any atom is -0.390 e. The predicted molar refractivity (Wildman–Crippen MR) is 94.4 cm³/mol. The zero-order chi connectivity index (χ0) is 17.1. The molecule has 3 aliphatic heterocycles. The molecule has 1 N–H and O–H groups in total. The summed E-state index contributed by atoms with van der Waals surface area (Å²) in [6, 6.07) is 0.318. The molecule has 0 radical (unpaired) electrons. The normalized spacial score (nSPS) is 27.2. The van der Waals surface area contributed by atoms with Crippen molar-refractivity contribution in [1.82, 2.24) is 24.6 Å². The van der Waals surface area contributed by atoms with Crippen LogP contribution in [0.25, 0.3) is 0 Å². The van der Waals surface area contributed by atoms with Crippen LogP contribution in [0.4, 0.5) is 0 Å². The van der Waals surface area contributed by atoms with Crippen LogP contribution in [0.3, 0.4) is 0 Å². The molecular weight excluding hydrogens is 318 g/mol. The number of aliphatic hydroxyl groups is 1. The van der Waals surface area contributed by atoms with Crippen LogP contribution in [0.15, 0.2) is 0 Å². The fourth-order valence-corrected chi connectivity index (χ4v) is 4.50. The van der Waals surface area contributed by atoms with Crippen molar-refractivity contribution in [3.05, 3.63) is 11.6 Å². The molecule has 7 heteroatoms. The SMILES string of the molecule is OC(CN1CCOCC1)CN1CCCC1c1nnc2n1CCCCC2. The van der Waals surface area contributed by atoms with Crippen LogP contribution in [0.5, 0.6) is 0 Å². The Balaban J connectivity index is 1.39. The Bertz CT molecular complexity index is 558. The summed E-state index contributed by atoms with van der Waals surface area (Å²) in [5.74, 6) is 2.29. The van der Waals surface area contributed by atoms with Gasteiger partial charge in [-0.2, -0.15) is 0 Å². The summed E-state index contributed by atoms with van der Waals surface area (Å²) >= 11 is 0. The van der Waals surface area contributed by atoms with Gasteiger partial charge < -0.3 is 14.4 Å². The van der Waals surface area contributed by atoms with Gasteiger partial charge in [0.05, 0.1) is 25.4 Å². The molecule has 2 unspecified atom stereocenters. The maximum Gasteiger partial charge on any atom is 0.150 e. The van der Waals surface area contributed by atoms with Crippen molar-refractivity contribution in [3.8, 4) is 0 Å². The van der Waals surface area contributed by atoms with Crippen molar-refractivity contribution in [2.45, 2.75) is 57.2 Å². The number of hydrogen-bond donors (Lipinski definition) is 1. The second-order valence-electron chi connectivity index (χ2n) is 7.66. The lowest BCUT2D eigenvalue weighted by Gasteiger charge is -2.31. The largest absolute Gasteiger partial charge is 0.390 e. The summed E-state index contributed by atoms with van der Waals surface area (Å²) < 4.78 is 7.76. The molecule has 1 aromatic rings. The smallest absolute Gasteiger partial charge is 0.150 e. The molecular formula is C18H31N5O2. The number of β-amino-alcohol motifs (C(OH)–C–C–N with tert-alkyl or cyclic N) is 1. The Morgan fingerprint density at radius 2 is 1.88 bits per heavy atom. The van der Waals surface area contributed by atoms with Crippen LogP contribution < -0.4 is 0 Å². The molecule has 3 aliphatic rings. The molecule has 7 nitrogen and oxygen atoms in total. The van der Waals surface area contributed by atoms with Crippen LogP contribution >= 0.6 is 0 Å². The van der Waals surface area contributed by atoms with Crippen molar-refractivity contribution in [2.75, 3.05) is 45.9 Å². The first-order valence-electron chi connectivity index (χ1n) is 9.95. The highest BCUT2D eigenvalue weighted by molar-refractivity contribution is 5.05. The van der Waals surface area contributed by atoms with E-state index >= 15 is 0 Å². The second kappa shape index (κ2) is 8.12. The molecule has 2 fully saturated rings. The molecule has 4 heterocycles. The number of aryl methyl sites for hydroxylation is 1. The van der Waals surface area contributed by atoms with Crippen LogP contribution in [-0.4, -0.2) is 81.7 Å². The lowest BCUT2D eigenvalue weighted by atomic mass is 10.2. The van der Waals surface area contributed by atoms with Gasteiger partial charge >= 0.3 is 0 Å². The number of aliphatic hydroxyl groups excluding tert-OH is 1. The van der Waals surface area contributed by atoms with Crippen molar-refractivity contribution < 1.29 is 9.84 Å². The number of rotatable bonds is 5. The van der Waals surface area contributed by atoms with Crippen LogP contribution in [0, 0.1) is 0 Å². The third-order valence-corrected chi connectivity index (χ3v) is 5.82. The summed E-state index contributed by atoms with van der Waals surface area (Å²) in [5.41, 5.74) is 0. The molecule has 0 aromatic carbocycles.